The molecule has 0 aliphatic heterocycles. The number of unbranched alkanes of at least 4 members (excludes halogenated alkanes) is 1. The van der Waals surface area contributed by atoms with Gasteiger partial charge in [0, 0.05) is 10.9 Å². The van der Waals surface area contributed by atoms with Gasteiger partial charge in [0.05, 0.1) is 13.2 Å². The molecule has 114 valence electrons. The molecule has 1 unspecified atom stereocenters. The van der Waals surface area contributed by atoms with Crippen molar-refractivity contribution >= 4 is 11.8 Å². The van der Waals surface area contributed by atoms with E-state index >= 15 is 0 Å². The molecular weight excluding hydrogens is 280 g/mol. The van der Waals surface area contributed by atoms with Crippen molar-refractivity contribution in [1.29, 1.82) is 5.26 Å². The zero-order chi connectivity index (χ0) is 15.1. The topological polar surface area (TPSA) is 45.0 Å². The molecule has 1 fully saturated rings. The van der Waals surface area contributed by atoms with Gasteiger partial charge in [0.1, 0.15) is 11.3 Å². The van der Waals surface area contributed by atoms with Crippen LogP contribution in [-0.2, 0) is 0 Å². The molecule has 0 radical (unpaired) electrons. The lowest BCUT2D eigenvalue weighted by molar-refractivity contribution is 0.402. The van der Waals surface area contributed by atoms with Gasteiger partial charge in [-0.1, -0.05) is 0 Å². The van der Waals surface area contributed by atoms with Gasteiger partial charge in [0.2, 0.25) is 0 Å². The Kier molecular flexibility index (Phi) is 5.96. The van der Waals surface area contributed by atoms with Crippen molar-refractivity contribution < 1.29 is 4.74 Å². The van der Waals surface area contributed by atoms with Crippen molar-refractivity contribution in [2.24, 2.45) is 0 Å². The predicted octanol–water partition coefficient (Wildman–Crippen LogP) is 3.99. The lowest BCUT2D eigenvalue weighted by Gasteiger charge is -2.23. The van der Waals surface area contributed by atoms with Crippen molar-refractivity contribution in [3.63, 3.8) is 0 Å². The number of hydrogen-bond acceptors (Lipinski definition) is 4. The Bertz CT molecular complexity index is 479. The van der Waals surface area contributed by atoms with E-state index in [1.54, 1.807) is 7.11 Å². The summed E-state index contributed by atoms with van der Waals surface area (Å²) in [5.41, 5.74) is -0.341. The first kappa shape index (κ1) is 16.2. The zero-order valence-corrected chi connectivity index (χ0v) is 13.7. The molecule has 0 saturated heterocycles. The van der Waals surface area contributed by atoms with Crippen LogP contribution in [0.1, 0.15) is 39.0 Å². The van der Waals surface area contributed by atoms with Crippen LogP contribution in [0.15, 0.2) is 29.2 Å². The van der Waals surface area contributed by atoms with E-state index in [0.717, 1.165) is 30.8 Å². The van der Waals surface area contributed by atoms with E-state index in [9.17, 15) is 5.26 Å². The maximum absolute atomic E-state index is 9.32. The van der Waals surface area contributed by atoms with Crippen LogP contribution in [-0.4, -0.2) is 24.4 Å². The zero-order valence-electron chi connectivity index (χ0n) is 12.9. The van der Waals surface area contributed by atoms with Gasteiger partial charge in [0.25, 0.3) is 0 Å². The van der Waals surface area contributed by atoms with Gasteiger partial charge in [-0.25, -0.2) is 0 Å². The van der Waals surface area contributed by atoms with Crippen LogP contribution in [0.25, 0.3) is 0 Å². The number of methoxy groups -OCH3 is 1. The fraction of sp³-hybridized carbons (Fsp3) is 0.588. The van der Waals surface area contributed by atoms with Gasteiger partial charge in [0.15, 0.2) is 0 Å². The van der Waals surface area contributed by atoms with Crippen LogP contribution in [0.2, 0.25) is 0 Å². The number of hydrogen-bond donors (Lipinski definition) is 1. The first-order valence-corrected chi connectivity index (χ1v) is 8.59. The molecule has 0 spiro atoms. The summed E-state index contributed by atoms with van der Waals surface area (Å²) in [6.45, 7) is 2.03. The molecule has 1 saturated carbocycles. The summed E-state index contributed by atoms with van der Waals surface area (Å²) in [4.78, 5) is 1.27. The average Bonchev–Trinajstić information content (AvgIpc) is 3.31. The van der Waals surface area contributed by atoms with Gasteiger partial charge in [-0.3, -0.25) is 5.32 Å². The molecule has 1 atom stereocenters. The van der Waals surface area contributed by atoms with E-state index in [-0.39, 0.29) is 5.54 Å². The van der Waals surface area contributed by atoms with E-state index < -0.39 is 0 Å². The number of ether oxygens (including phenoxy) is 1. The van der Waals surface area contributed by atoms with Crippen LogP contribution >= 0.6 is 11.8 Å². The number of nitrogens with zero attached hydrogens (tertiary/aromatic N) is 1. The molecule has 21 heavy (non-hydrogen) atoms. The second-order valence-electron chi connectivity index (χ2n) is 5.84. The Hall–Kier alpha value is -1.18. The average molecular weight is 304 g/mol. The molecule has 2 rings (SSSR count). The molecule has 1 N–H and O–H groups in total. The molecular formula is C17H24N2OS. The van der Waals surface area contributed by atoms with E-state index in [1.165, 1.54) is 17.7 Å². The highest BCUT2D eigenvalue weighted by molar-refractivity contribution is 7.99. The van der Waals surface area contributed by atoms with Crippen molar-refractivity contribution in [3.05, 3.63) is 24.3 Å². The van der Waals surface area contributed by atoms with Crippen LogP contribution in [0.5, 0.6) is 5.75 Å². The monoisotopic (exact) mass is 304 g/mol. The van der Waals surface area contributed by atoms with Crippen LogP contribution in [0.4, 0.5) is 0 Å². The standard InChI is InChI=1S/C17H24N2OS/c1-17(13-18,19-14-5-6-14)11-3-4-12-21-16-9-7-15(20-2)8-10-16/h7-10,14,19H,3-6,11-12H2,1-2H3. The minimum absolute atomic E-state index is 0.341. The lowest BCUT2D eigenvalue weighted by Crippen LogP contribution is -2.42. The van der Waals surface area contributed by atoms with Gasteiger partial charge in [-0.2, -0.15) is 5.26 Å². The molecule has 3 nitrogen and oxygen atoms in total. The second-order valence-corrected chi connectivity index (χ2v) is 7.01. The summed E-state index contributed by atoms with van der Waals surface area (Å²) in [5, 5.41) is 12.8. The number of benzene rings is 1. The Morgan fingerprint density at radius 1 is 1.33 bits per heavy atom. The second kappa shape index (κ2) is 7.72. The lowest BCUT2D eigenvalue weighted by atomic mass is 9.96. The van der Waals surface area contributed by atoms with Crippen LogP contribution in [0, 0.1) is 11.3 Å². The maximum atomic E-state index is 9.32. The molecule has 0 amide bonds. The Labute approximate surface area is 132 Å². The largest absolute Gasteiger partial charge is 0.497 e. The highest BCUT2D eigenvalue weighted by atomic mass is 32.2. The first-order chi connectivity index (χ1) is 10.1. The van der Waals surface area contributed by atoms with Gasteiger partial charge < -0.3 is 4.74 Å². The SMILES string of the molecule is COc1ccc(SCCCCC(C)(C#N)NC2CC2)cc1. The molecule has 4 heteroatoms. The van der Waals surface area contributed by atoms with Crippen molar-refractivity contribution in [2.45, 2.75) is 55.5 Å². The predicted molar refractivity (Wildman–Crippen MR) is 87.7 cm³/mol. The quantitative estimate of drug-likeness (QED) is 0.553. The summed E-state index contributed by atoms with van der Waals surface area (Å²) >= 11 is 1.87. The third kappa shape index (κ3) is 5.61. The van der Waals surface area contributed by atoms with Crippen LogP contribution < -0.4 is 10.1 Å². The normalized spacial score (nSPS) is 17.0. The molecule has 0 aromatic heterocycles. The van der Waals surface area contributed by atoms with Crippen molar-refractivity contribution in [3.8, 4) is 11.8 Å². The molecule has 0 heterocycles. The highest BCUT2D eigenvalue weighted by Crippen LogP contribution is 2.26. The summed E-state index contributed by atoms with van der Waals surface area (Å²) in [6, 6.07) is 11.2. The summed E-state index contributed by atoms with van der Waals surface area (Å²) in [6.07, 6.45) is 5.62. The molecule has 1 aromatic carbocycles. The summed E-state index contributed by atoms with van der Waals surface area (Å²) < 4.78 is 5.15. The Balaban J connectivity index is 1.63. The van der Waals surface area contributed by atoms with Crippen molar-refractivity contribution in [1.82, 2.24) is 5.32 Å². The Morgan fingerprint density at radius 2 is 2.05 bits per heavy atom. The van der Waals surface area contributed by atoms with E-state index in [0.29, 0.717) is 6.04 Å². The Morgan fingerprint density at radius 3 is 2.62 bits per heavy atom. The smallest absolute Gasteiger partial charge is 0.118 e. The van der Waals surface area contributed by atoms with E-state index in [1.807, 2.05) is 30.8 Å². The van der Waals surface area contributed by atoms with Gasteiger partial charge >= 0.3 is 0 Å². The fourth-order valence-electron chi connectivity index (χ4n) is 2.28. The number of rotatable bonds is 9. The number of nitriles is 1. The third-order valence-electron chi connectivity index (χ3n) is 3.75. The van der Waals surface area contributed by atoms with E-state index in [2.05, 4.69) is 23.5 Å². The third-order valence-corrected chi connectivity index (χ3v) is 4.84. The summed E-state index contributed by atoms with van der Waals surface area (Å²) in [7, 11) is 1.68. The van der Waals surface area contributed by atoms with Gasteiger partial charge in [-0.15, -0.1) is 11.8 Å². The first-order valence-electron chi connectivity index (χ1n) is 7.61. The minimum Gasteiger partial charge on any atom is -0.497 e. The fourth-order valence-corrected chi connectivity index (χ4v) is 3.19. The molecule has 1 aromatic rings. The van der Waals surface area contributed by atoms with Crippen molar-refractivity contribution in [2.75, 3.05) is 12.9 Å². The highest BCUT2D eigenvalue weighted by Gasteiger charge is 2.31. The van der Waals surface area contributed by atoms with Gasteiger partial charge in [-0.05, 0) is 69.0 Å². The summed E-state index contributed by atoms with van der Waals surface area (Å²) in [5.74, 6) is 1.99. The van der Waals surface area contributed by atoms with E-state index in [4.69, 9.17) is 4.74 Å². The number of thioether (sulfide) groups is 1. The molecule has 1 aliphatic carbocycles. The van der Waals surface area contributed by atoms with Crippen LogP contribution in [0.3, 0.4) is 0 Å². The molecule has 0 bridgehead atoms. The molecule has 1 aliphatic rings. The minimum atomic E-state index is -0.341. The number of nitrogens with one attached hydrogen (secondary N) is 1. The maximum Gasteiger partial charge on any atom is 0.118 e.